The van der Waals surface area contributed by atoms with E-state index in [4.69, 9.17) is 0 Å². The van der Waals surface area contributed by atoms with Crippen LogP contribution in [0.4, 0.5) is 0 Å². The molecule has 0 bridgehead atoms. The summed E-state index contributed by atoms with van der Waals surface area (Å²) in [5.41, 5.74) is 3.56. The zero-order valence-electron chi connectivity index (χ0n) is 11.4. The number of benzene rings is 2. The van der Waals surface area contributed by atoms with Gasteiger partial charge in [-0.1, -0.05) is 40.2 Å². The first-order valence-electron chi connectivity index (χ1n) is 6.43. The number of hydrogen-bond donors (Lipinski definition) is 0. The molecular weight excluding hydrogens is 314 g/mol. The maximum Gasteiger partial charge on any atom is 0.195 e. The molecule has 100 valence electrons. The summed E-state index contributed by atoms with van der Waals surface area (Å²) in [6.07, 6.45) is 1.91. The van der Waals surface area contributed by atoms with Crippen LogP contribution in [-0.2, 0) is 7.05 Å². The molecule has 1 aromatic heterocycles. The quantitative estimate of drug-likeness (QED) is 0.636. The number of carbonyl (C=O) groups is 1. The maximum absolute atomic E-state index is 12.8. The molecule has 0 amide bonds. The number of aromatic nitrogens is 1. The third kappa shape index (κ3) is 2.08. The smallest absolute Gasteiger partial charge is 0.195 e. The van der Waals surface area contributed by atoms with Gasteiger partial charge in [0.15, 0.2) is 5.78 Å². The fraction of sp³-hybridized carbons (Fsp3) is 0.118. The predicted molar refractivity (Wildman–Crippen MR) is 85.2 cm³/mol. The Morgan fingerprint density at radius 2 is 1.85 bits per heavy atom. The van der Waals surface area contributed by atoms with Crippen molar-refractivity contribution in [3.05, 3.63) is 69.8 Å². The van der Waals surface area contributed by atoms with E-state index in [2.05, 4.69) is 15.9 Å². The molecule has 0 aliphatic carbocycles. The van der Waals surface area contributed by atoms with Gasteiger partial charge >= 0.3 is 0 Å². The van der Waals surface area contributed by atoms with Crippen LogP contribution in [0.2, 0.25) is 0 Å². The summed E-state index contributed by atoms with van der Waals surface area (Å²) in [7, 11) is 1.97. The average Bonchev–Trinajstić information content (AvgIpc) is 2.79. The standard InChI is InChI=1S/C17H14BrNO/c1-11-7-8-12(18)9-14(11)17(20)15-10-19(2)16-6-4-3-5-13(15)16/h3-10H,1-2H3. The molecule has 2 nitrogen and oxygen atoms in total. The fourth-order valence-electron chi connectivity index (χ4n) is 2.51. The van der Waals surface area contributed by atoms with Gasteiger partial charge in [0, 0.05) is 39.7 Å². The highest BCUT2D eigenvalue weighted by molar-refractivity contribution is 9.10. The van der Waals surface area contributed by atoms with E-state index in [1.807, 2.05) is 67.2 Å². The van der Waals surface area contributed by atoms with Gasteiger partial charge in [-0.25, -0.2) is 0 Å². The van der Waals surface area contributed by atoms with Gasteiger partial charge in [0.1, 0.15) is 0 Å². The molecule has 0 aliphatic rings. The van der Waals surface area contributed by atoms with Crippen LogP contribution >= 0.6 is 15.9 Å². The Kier molecular flexibility index (Phi) is 3.22. The molecule has 0 aliphatic heterocycles. The predicted octanol–water partition coefficient (Wildman–Crippen LogP) is 4.48. The van der Waals surface area contributed by atoms with Gasteiger partial charge in [-0.2, -0.15) is 0 Å². The first-order valence-corrected chi connectivity index (χ1v) is 7.22. The largest absolute Gasteiger partial charge is 0.350 e. The molecule has 0 atom stereocenters. The number of rotatable bonds is 2. The van der Waals surface area contributed by atoms with E-state index in [1.54, 1.807) is 0 Å². The molecule has 0 saturated carbocycles. The summed E-state index contributed by atoms with van der Waals surface area (Å²) >= 11 is 3.43. The van der Waals surface area contributed by atoms with Crippen molar-refractivity contribution in [2.45, 2.75) is 6.92 Å². The van der Waals surface area contributed by atoms with Crippen molar-refractivity contribution >= 4 is 32.6 Å². The van der Waals surface area contributed by atoms with Crippen molar-refractivity contribution < 1.29 is 4.79 Å². The number of carbonyl (C=O) groups excluding carboxylic acids is 1. The SMILES string of the molecule is Cc1ccc(Br)cc1C(=O)c1cn(C)c2ccccc12. The molecule has 3 rings (SSSR count). The first-order chi connectivity index (χ1) is 9.58. The lowest BCUT2D eigenvalue weighted by atomic mass is 9.99. The average molecular weight is 328 g/mol. The summed E-state index contributed by atoms with van der Waals surface area (Å²) in [5, 5.41) is 0.999. The molecule has 0 saturated heterocycles. The zero-order valence-corrected chi connectivity index (χ0v) is 12.9. The second-order valence-corrected chi connectivity index (χ2v) is 5.87. The van der Waals surface area contributed by atoms with Crippen LogP contribution in [-0.4, -0.2) is 10.4 Å². The molecule has 3 heteroatoms. The molecule has 3 aromatic rings. The summed E-state index contributed by atoms with van der Waals surface area (Å²) in [6.45, 7) is 1.96. The van der Waals surface area contributed by atoms with E-state index in [-0.39, 0.29) is 5.78 Å². The van der Waals surface area contributed by atoms with Crippen LogP contribution in [0.5, 0.6) is 0 Å². The van der Waals surface area contributed by atoms with Crippen molar-refractivity contribution in [3.8, 4) is 0 Å². The third-order valence-electron chi connectivity index (χ3n) is 3.59. The normalized spacial score (nSPS) is 10.9. The second kappa shape index (κ2) is 4.91. The van der Waals surface area contributed by atoms with Gasteiger partial charge < -0.3 is 4.57 Å². The van der Waals surface area contributed by atoms with Crippen LogP contribution in [0.1, 0.15) is 21.5 Å². The minimum atomic E-state index is 0.0700. The lowest BCUT2D eigenvalue weighted by molar-refractivity contribution is 0.103. The fourth-order valence-corrected chi connectivity index (χ4v) is 2.87. The summed E-state index contributed by atoms with van der Waals surface area (Å²) in [5.74, 6) is 0.0700. The Bertz CT molecular complexity index is 817. The Morgan fingerprint density at radius 1 is 1.10 bits per heavy atom. The highest BCUT2D eigenvalue weighted by Gasteiger charge is 2.17. The molecule has 0 spiro atoms. The number of nitrogens with zero attached hydrogens (tertiary/aromatic N) is 1. The Hall–Kier alpha value is -1.87. The topological polar surface area (TPSA) is 22.0 Å². The monoisotopic (exact) mass is 327 g/mol. The van der Waals surface area contributed by atoms with E-state index in [9.17, 15) is 4.79 Å². The number of hydrogen-bond acceptors (Lipinski definition) is 1. The minimum absolute atomic E-state index is 0.0700. The maximum atomic E-state index is 12.8. The van der Waals surface area contributed by atoms with Crippen LogP contribution in [0.3, 0.4) is 0 Å². The molecule has 2 aromatic carbocycles. The Labute approximate surface area is 126 Å². The van der Waals surface area contributed by atoms with Gasteiger partial charge in [0.2, 0.25) is 0 Å². The highest BCUT2D eigenvalue weighted by atomic mass is 79.9. The van der Waals surface area contributed by atoms with E-state index >= 15 is 0 Å². The lowest BCUT2D eigenvalue weighted by Gasteiger charge is -2.05. The number of ketones is 1. The van der Waals surface area contributed by atoms with Crippen molar-refractivity contribution in [2.24, 2.45) is 7.05 Å². The second-order valence-electron chi connectivity index (χ2n) is 4.96. The summed E-state index contributed by atoms with van der Waals surface area (Å²) in [4.78, 5) is 12.8. The third-order valence-corrected chi connectivity index (χ3v) is 4.08. The summed E-state index contributed by atoms with van der Waals surface area (Å²) < 4.78 is 2.92. The van der Waals surface area contributed by atoms with Crippen molar-refractivity contribution in [2.75, 3.05) is 0 Å². The van der Waals surface area contributed by atoms with Crippen molar-refractivity contribution in [1.82, 2.24) is 4.57 Å². The van der Waals surface area contributed by atoms with Crippen molar-refractivity contribution in [1.29, 1.82) is 0 Å². The van der Waals surface area contributed by atoms with Gasteiger partial charge in [0.25, 0.3) is 0 Å². The number of fused-ring (bicyclic) bond motifs is 1. The molecule has 1 heterocycles. The van der Waals surface area contributed by atoms with Crippen LogP contribution in [0.25, 0.3) is 10.9 Å². The number of aryl methyl sites for hydroxylation is 2. The van der Waals surface area contributed by atoms with Gasteiger partial charge in [0.05, 0.1) is 0 Å². The molecule has 0 radical (unpaired) electrons. The summed E-state index contributed by atoms with van der Waals surface area (Å²) in [6, 6.07) is 13.8. The van der Waals surface area contributed by atoms with Crippen LogP contribution in [0.15, 0.2) is 53.1 Å². The van der Waals surface area contributed by atoms with Crippen LogP contribution < -0.4 is 0 Å². The van der Waals surface area contributed by atoms with Crippen molar-refractivity contribution in [3.63, 3.8) is 0 Å². The van der Waals surface area contributed by atoms with E-state index in [0.29, 0.717) is 0 Å². The number of halogens is 1. The molecule has 20 heavy (non-hydrogen) atoms. The molecule has 0 N–H and O–H groups in total. The van der Waals surface area contributed by atoms with Crippen LogP contribution in [0, 0.1) is 6.92 Å². The zero-order chi connectivity index (χ0) is 14.3. The molecule has 0 fully saturated rings. The highest BCUT2D eigenvalue weighted by Crippen LogP contribution is 2.25. The van der Waals surface area contributed by atoms with Gasteiger partial charge in [-0.15, -0.1) is 0 Å². The minimum Gasteiger partial charge on any atom is -0.350 e. The Morgan fingerprint density at radius 3 is 2.65 bits per heavy atom. The molecular formula is C17H14BrNO. The number of para-hydroxylation sites is 1. The van der Waals surface area contributed by atoms with Gasteiger partial charge in [-0.3, -0.25) is 4.79 Å². The van der Waals surface area contributed by atoms with E-state index in [1.165, 1.54) is 0 Å². The first kappa shape index (κ1) is 13.1. The molecule has 0 unspecified atom stereocenters. The lowest BCUT2D eigenvalue weighted by Crippen LogP contribution is -2.03. The van der Waals surface area contributed by atoms with E-state index < -0.39 is 0 Å². The van der Waals surface area contributed by atoms with Gasteiger partial charge in [-0.05, 0) is 30.7 Å². The van der Waals surface area contributed by atoms with E-state index in [0.717, 1.165) is 32.1 Å². The Balaban J connectivity index is 2.20.